The van der Waals surface area contributed by atoms with Gasteiger partial charge in [0.2, 0.25) is 0 Å². The molecule has 2 heterocycles. The molecule has 2 bridgehead atoms. The average Bonchev–Trinajstić information content (AvgIpc) is 3.15. The molecule has 4 aliphatic rings. The molecule has 0 amide bonds. The van der Waals surface area contributed by atoms with Crippen LogP contribution in [0.3, 0.4) is 0 Å². The van der Waals surface area contributed by atoms with Gasteiger partial charge in [0, 0.05) is 17.3 Å². The van der Waals surface area contributed by atoms with Crippen LogP contribution in [0.25, 0.3) is 0 Å². The topological polar surface area (TPSA) is 62.2 Å². The lowest BCUT2D eigenvalue weighted by Gasteiger charge is -2.58. The van der Waals surface area contributed by atoms with Crippen LogP contribution < -0.4 is 0 Å². The summed E-state index contributed by atoms with van der Waals surface area (Å²) in [6, 6.07) is 0. The summed E-state index contributed by atoms with van der Waals surface area (Å²) in [6.07, 6.45) is 4.03. The molecular weight excluding hydrogens is 244 g/mol. The normalized spacial score (nSPS) is 58.9. The van der Waals surface area contributed by atoms with Crippen molar-refractivity contribution in [3.63, 3.8) is 0 Å². The summed E-state index contributed by atoms with van der Waals surface area (Å²) in [4.78, 5) is 0. The van der Waals surface area contributed by atoms with Crippen molar-refractivity contribution in [1.82, 2.24) is 0 Å². The minimum absolute atomic E-state index is 0.0284. The molecule has 19 heavy (non-hydrogen) atoms. The van der Waals surface area contributed by atoms with Gasteiger partial charge in [0.25, 0.3) is 0 Å². The van der Waals surface area contributed by atoms with Gasteiger partial charge in [-0.3, -0.25) is 0 Å². The van der Waals surface area contributed by atoms with E-state index in [1.165, 1.54) is 5.57 Å². The first-order valence-electron chi connectivity index (χ1n) is 7.26. The Hall–Kier alpha value is -0.420. The highest BCUT2D eigenvalue weighted by Gasteiger charge is 2.81. The van der Waals surface area contributed by atoms with E-state index in [2.05, 4.69) is 19.9 Å². The molecule has 0 radical (unpaired) electrons. The van der Waals surface area contributed by atoms with Gasteiger partial charge < -0.3 is 19.7 Å². The molecule has 0 aromatic carbocycles. The van der Waals surface area contributed by atoms with Crippen molar-refractivity contribution >= 4 is 0 Å². The van der Waals surface area contributed by atoms with Gasteiger partial charge in [0.05, 0.1) is 31.5 Å². The molecule has 6 atom stereocenters. The number of hydrogen-bond donors (Lipinski definition) is 2. The van der Waals surface area contributed by atoms with Gasteiger partial charge in [-0.05, 0) is 19.8 Å². The summed E-state index contributed by atoms with van der Waals surface area (Å²) in [5.74, 6) is 0. The van der Waals surface area contributed by atoms with Crippen LogP contribution in [-0.4, -0.2) is 47.3 Å². The fraction of sp³-hybridized carbons (Fsp3) is 0.867. The van der Waals surface area contributed by atoms with E-state index in [4.69, 9.17) is 9.47 Å². The van der Waals surface area contributed by atoms with Gasteiger partial charge in [-0.2, -0.15) is 0 Å². The maximum atomic E-state index is 10.6. The molecule has 4 heteroatoms. The third kappa shape index (κ3) is 1.13. The van der Waals surface area contributed by atoms with Crippen molar-refractivity contribution in [2.24, 2.45) is 10.8 Å². The molecule has 2 aliphatic heterocycles. The zero-order valence-corrected chi connectivity index (χ0v) is 11.6. The highest BCUT2D eigenvalue weighted by Crippen LogP contribution is 2.71. The van der Waals surface area contributed by atoms with Gasteiger partial charge >= 0.3 is 0 Å². The molecular formula is C15H22O4. The van der Waals surface area contributed by atoms with Gasteiger partial charge in [-0.25, -0.2) is 0 Å². The number of fused-ring (bicyclic) bond motifs is 2. The Bertz CT molecular complexity index is 455. The Labute approximate surface area is 113 Å². The van der Waals surface area contributed by atoms with Crippen LogP contribution in [0, 0.1) is 10.8 Å². The molecule has 2 aliphatic carbocycles. The molecule has 106 valence electrons. The summed E-state index contributed by atoms with van der Waals surface area (Å²) < 4.78 is 12.0. The highest BCUT2D eigenvalue weighted by atomic mass is 16.6. The predicted octanol–water partition coefficient (Wildman–Crippen LogP) is 1.01. The number of ether oxygens (including phenoxy) is 2. The number of aliphatic hydroxyl groups is 2. The monoisotopic (exact) mass is 266 g/mol. The Morgan fingerprint density at radius 1 is 1.47 bits per heavy atom. The van der Waals surface area contributed by atoms with Crippen LogP contribution in [0.1, 0.15) is 33.1 Å². The van der Waals surface area contributed by atoms with Crippen LogP contribution in [0.2, 0.25) is 0 Å². The fourth-order valence-electron chi connectivity index (χ4n) is 5.03. The van der Waals surface area contributed by atoms with Crippen molar-refractivity contribution in [1.29, 1.82) is 0 Å². The number of rotatable bonds is 1. The fourth-order valence-corrected chi connectivity index (χ4v) is 5.03. The second kappa shape index (κ2) is 3.42. The van der Waals surface area contributed by atoms with Crippen molar-refractivity contribution in [2.45, 2.75) is 57.0 Å². The van der Waals surface area contributed by atoms with Gasteiger partial charge in [-0.15, -0.1) is 0 Å². The third-order valence-electron chi connectivity index (χ3n) is 6.53. The Morgan fingerprint density at radius 2 is 2.21 bits per heavy atom. The molecule has 1 saturated carbocycles. The second-order valence-corrected chi connectivity index (χ2v) is 7.00. The molecule has 1 spiro atoms. The zero-order chi connectivity index (χ0) is 13.5. The first-order valence-corrected chi connectivity index (χ1v) is 7.26. The Kier molecular flexibility index (Phi) is 2.22. The lowest BCUT2D eigenvalue weighted by molar-refractivity contribution is -0.225. The van der Waals surface area contributed by atoms with E-state index in [-0.39, 0.29) is 24.4 Å². The summed E-state index contributed by atoms with van der Waals surface area (Å²) in [7, 11) is 0. The summed E-state index contributed by atoms with van der Waals surface area (Å²) in [6.45, 7) is 4.92. The smallest absolute Gasteiger partial charge is 0.126 e. The van der Waals surface area contributed by atoms with E-state index < -0.39 is 16.9 Å². The van der Waals surface area contributed by atoms with E-state index >= 15 is 0 Å². The summed E-state index contributed by atoms with van der Waals surface area (Å²) in [5, 5.41) is 20.8. The largest absolute Gasteiger partial charge is 0.396 e. The van der Waals surface area contributed by atoms with E-state index in [1.54, 1.807) is 0 Å². The minimum atomic E-state index is -0.455. The van der Waals surface area contributed by atoms with Crippen LogP contribution in [0.4, 0.5) is 0 Å². The zero-order valence-electron chi connectivity index (χ0n) is 11.6. The van der Waals surface area contributed by atoms with Crippen LogP contribution in [-0.2, 0) is 9.47 Å². The number of hydrogen-bond acceptors (Lipinski definition) is 4. The highest BCUT2D eigenvalue weighted by molar-refractivity contribution is 5.32. The SMILES string of the molecule is CC1=C[C@H]2O[C@@H]3C[C@@H](O)[C@@](C)([C@@]2(CO)CC1)[C@@]31CO1. The van der Waals surface area contributed by atoms with E-state index in [1.807, 2.05) is 0 Å². The predicted molar refractivity (Wildman–Crippen MR) is 68.6 cm³/mol. The third-order valence-corrected chi connectivity index (χ3v) is 6.53. The van der Waals surface area contributed by atoms with Crippen molar-refractivity contribution < 1.29 is 19.7 Å². The van der Waals surface area contributed by atoms with E-state index in [9.17, 15) is 10.2 Å². The average molecular weight is 266 g/mol. The van der Waals surface area contributed by atoms with Crippen molar-refractivity contribution in [2.75, 3.05) is 13.2 Å². The van der Waals surface area contributed by atoms with Crippen LogP contribution >= 0.6 is 0 Å². The summed E-state index contributed by atoms with van der Waals surface area (Å²) in [5.41, 5.74) is 0.152. The molecule has 0 unspecified atom stereocenters. The quantitative estimate of drug-likeness (QED) is 0.549. The molecule has 2 N–H and O–H groups in total. The van der Waals surface area contributed by atoms with Gasteiger partial charge in [0.15, 0.2) is 0 Å². The summed E-state index contributed by atoms with van der Waals surface area (Å²) >= 11 is 0. The Morgan fingerprint density at radius 3 is 2.84 bits per heavy atom. The lowest BCUT2D eigenvalue weighted by Crippen LogP contribution is -2.66. The molecule has 4 nitrogen and oxygen atoms in total. The molecule has 2 saturated heterocycles. The molecule has 4 rings (SSSR count). The molecule has 3 fully saturated rings. The second-order valence-electron chi connectivity index (χ2n) is 7.00. The van der Waals surface area contributed by atoms with Crippen molar-refractivity contribution in [3.8, 4) is 0 Å². The number of allylic oxidation sites excluding steroid dienone is 1. The lowest BCUT2D eigenvalue weighted by atomic mass is 9.51. The van der Waals surface area contributed by atoms with Gasteiger partial charge in [-0.1, -0.05) is 18.6 Å². The maximum absolute atomic E-state index is 10.6. The first-order chi connectivity index (χ1) is 9.00. The van der Waals surface area contributed by atoms with E-state index in [0.717, 1.165) is 12.8 Å². The molecule has 0 aromatic rings. The Balaban J connectivity index is 1.89. The first kappa shape index (κ1) is 12.3. The number of epoxide rings is 1. The molecule has 0 aromatic heterocycles. The minimum Gasteiger partial charge on any atom is -0.396 e. The van der Waals surface area contributed by atoms with E-state index in [0.29, 0.717) is 13.0 Å². The standard InChI is InChI=1S/C15H22O4/c1-9-3-4-14(7-16)11(5-9)19-12-6-10(17)13(14,2)15(12)8-18-15/h5,10-12,16-17H,3-4,6-8H2,1-2H3/t10-,11-,12-,13+,14-,15-/m1/s1. The van der Waals surface area contributed by atoms with Gasteiger partial charge in [0.1, 0.15) is 5.60 Å². The van der Waals surface area contributed by atoms with Crippen LogP contribution in [0.5, 0.6) is 0 Å². The maximum Gasteiger partial charge on any atom is 0.126 e. The number of aliphatic hydroxyl groups excluding tert-OH is 2. The van der Waals surface area contributed by atoms with Crippen LogP contribution in [0.15, 0.2) is 11.6 Å². The van der Waals surface area contributed by atoms with Crippen molar-refractivity contribution in [3.05, 3.63) is 11.6 Å².